The number of ether oxygens (including phenoxy) is 4. The molecule has 25 heavy (non-hydrogen) atoms. The highest BCUT2D eigenvalue weighted by Crippen LogP contribution is 2.33. The van der Waals surface area contributed by atoms with Gasteiger partial charge in [-0.1, -0.05) is 38.1 Å². The van der Waals surface area contributed by atoms with E-state index >= 15 is 0 Å². The number of benzene rings is 2. The van der Waals surface area contributed by atoms with Crippen LogP contribution >= 0.6 is 0 Å². The lowest BCUT2D eigenvalue weighted by atomic mass is 9.78. The summed E-state index contributed by atoms with van der Waals surface area (Å²) in [6.07, 6.45) is 0.435. The van der Waals surface area contributed by atoms with E-state index in [2.05, 4.69) is 38.1 Å². The lowest BCUT2D eigenvalue weighted by Gasteiger charge is -2.26. The van der Waals surface area contributed by atoms with Crippen LogP contribution in [0.5, 0.6) is 11.5 Å². The number of rotatable bonds is 8. The minimum Gasteiger partial charge on any atom is -0.491 e. The first-order valence-electron chi connectivity index (χ1n) is 8.68. The van der Waals surface area contributed by atoms with Gasteiger partial charge in [-0.15, -0.1) is 4.74 Å². The third-order valence-electron chi connectivity index (χ3n) is 4.73. The van der Waals surface area contributed by atoms with Crippen LogP contribution in [0, 0.1) is 6.61 Å². The summed E-state index contributed by atoms with van der Waals surface area (Å²) in [5.74, 6) is 1.76. The first kappa shape index (κ1) is 16.3. The summed E-state index contributed by atoms with van der Waals surface area (Å²) < 4.78 is 21.6. The second-order valence-electron chi connectivity index (χ2n) is 7.06. The summed E-state index contributed by atoms with van der Waals surface area (Å²) in [5.41, 5.74) is 2.40. The molecule has 2 unspecified atom stereocenters. The molecule has 4 heteroatoms. The molecular formula is C21H23O4+. The van der Waals surface area contributed by atoms with Crippen molar-refractivity contribution in [2.45, 2.75) is 31.5 Å². The monoisotopic (exact) mass is 339 g/mol. The smallest absolute Gasteiger partial charge is 0.308 e. The summed E-state index contributed by atoms with van der Waals surface area (Å²) in [4.78, 5) is 0. The molecule has 2 aliphatic rings. The maximum absolute atomic E-state index is 5.72. The molecule has 0 bridgehead atoms. The predicted molar refractivity (Wildman–Crippen MR) is 94.9 cm³/mol. The third kappa shape index (κ3) is 4.09. The molecule has 4 rings (SSSR count). The van der Waals surface area contributed by atoms with Gasteiger partial charge < -0.3 is 14.2 Å². The van der Waals surface area contributed by atoms with Crippen molar-refractivity contribution in [2.75, 3.05) is 19.8 Å². The van der Waals surface area contributed by atoms with Gasteiger partial charge in [0, 0.05) is 5.41 Å². The molecule has 0 saturated carbocycles. The number of hydrogen-bond acceptors (Lipinski definition) is 4. The molecule has 0 spiro atoms. The Morgan fingerprint density at radius 1 is 0.920 bits per heavy atom. The maximum atomic E-state index is 5.72. The standard InChI is InChI=1S/C21H23O4/c1-21(2,15-3-7-17(8-4-15)22-11-19-13-24-19)16-5-9-18(10-6-16)23-12-20-14-25-20/h3-10,13,19-20H,11-12,14H2,1-2H3/q+1. The van der Waals surface area contributed by atoms with E-state index in [9.17, 15) is 0 Å². The van der Waals surface area contributed by atoms with Gasteiger partial charge in [-0.25, -0.2) is 0 Å². The van der Waals surface area contributed by atoms with Crippen LogP contribution in [0.25, 0.3) is 0 Å². The zero-order chi connectivity index (χ0) is 17.3. The molecule has 2 heterocycles. The van der Waals surface area contributed by atoms with Gasteiger partial charge in [0.2, 0.25) is 0 Å². The van der Waals surface area contributed by atoms with Crippen LogP contribution in [-0.2, 0) is 14.9 Å². The van der Waals surface area contributed by atoms with E-state index in [0.29, 0.717) is 13.2 Å². The zero-order valence-corrected chi connectivity index (χ0v) is 14.6. The summed E-state index contributed by atoms with van der Waals surface area (Å²) in [6.45, 7) is 8.26. The minimum atomic E-state index is -0.0932. The fourth-order valence-electron chi connectivity index (χ4n) is 2.77. The number of epoxide rings is 2. The fourth-order valence-corrected chi connectivity index (χ4v) is 2.77. The quantitative estimate of drug-likeness (QED) is 0.543. The topological polar surface area (TPSA) is 43.5 Å². The first-order valence-corrected chi connectivity index (χ1v) is 8.68. The summed E-state index contributed by atoms with van der Waals surface area (Å²) in [6, 6.07) is 16.6. The van der Waals surface area contributed by atoms with Crippen LogP contribution in [0.4, 0.5) is 0 Å². The van der Waals surface area contributed by atoms with Crippen molar-refractivity contribution in [3.8, 4) is 11.5 Å². The van der Waals surface area contributed by atoms with E-state index in [0.717, 1.165) is 18.1 Å². The van der Waals surface area contributed by atoms with Crippen LogP contribution in [0.3, 0.4) is 0 Å². The van der Waals surface area contributed by atoms with Crippen LogP contribution < -0.4 is 9.47 Å². The van der Waals surface area contributed by atoms with Gasteiger partial charge in [-0.2, -0.15) is 0 Å². The normalized spacial score (nSPS) is 21.4. The lowest BCUT2D eigenvalue weighted by Crippen LogP contribution is -2.18. The molecule has 0 amide bonds. The Hall–Kier alpha value is -2.17. The van der Waals surface area contributed by atoms with Gasteiger partial charge >= 0.3 is 6.10 Å². The molecule has 4 nitrogen and oxygen atoms in total. The molecule has 2 saturated heterocycles. The molecule has 0 N–H and O–H groups in total. The van der Waals surface area contributed by atoms with Crippen LogP contribution in [-0.4, -0.2) is 32.0 Å². The van der Waals surface area contributed by atoms with Crippen molar-refractivity contribution >= 4 is 0 Å². The molecule has 0 aliphatic carbocycles. The van der Waals surface area contributed by atoms with E-state index in [1.807, 2.05) is 24.3 Å². The molecule has 0 radical (unpaired) electrons. The first-order chi connectivity index (χ1) is 12.1. The molecular weight excluding hydrogens is 316 g/mol. The Bertz CT molecular complexity index is 636. The van der Waals surface area contributed by atoms with E-state index in [1.165, 1.54) is 11.1 Å². The van der Waals surface area contributed by atoms with E-state index in [1.54, 1.807) is 6.61 Å². The maximum Gasteiger partial charge on any atom is 0.308 e. The Balaban J connectivity index is 1.41. The molecule has 2 aliphatic heterocycles. The predicted octanol–water partition coefficient (Wildman–Crippen LogP) is 3.73. The van der Waals surface area contributed by atoms with Gasteiger partial charge in [0.25, 0.3) is 6.61 Å². The van der Waals surface area contributed by atoms with E-state index in [-0.39, 0.29) is 17.6 Å². The summed E-state index contributed by atoms with van der Waals surface area (Å²) >= 11 is 0. The Kier molecular flexibility index (Phi) is 4.32. The third-order valence-corrected chi connectivity index (χ3v) is 4.73. The van der Waals surface area contributed by atoms with Crippen molar-refractivity contribution < 1.29 is 18.9 Å². The van der Waals surface area contributed by atoms with E-state index in [4.69, 9.17) is 18.9 Å². The molecule has 2 fully saturated rings. The van der Waals surface area contributed by atoms with Crippen LogP contribution in [0.2, 0.25) is 0 Å². The summed E-state index contributed by atoms with van der Waals surface area (Å²) in [7, 11) is 0. The zero-order valence-electron chi connectivity index (χ0n) is 14.6. The second-order valence-corrected chi connectivity index (χ2v) is 7.06. The van der Waals surface area contributed by atoms with Gasteiger partial charge in [-0.3, -0.25) is 0 Å². The molecule has 2 atom stereocenters. The van der Waals surface area contributed by atoms with Gasteiger partial charge in [0.15, 0.2) is 6.61 Å². The van der Waals surface area contributed by atoms with Gasteiger partial charge in [0.1, 0.15) is 24.2 Å². The van der Waals surface area contributed by atoms with Crippen LogP contribution in [0.1, 0.15) is 25.0 Å². The van der Waals surface area contributed by atoms with Crippen molar-refractivity contribution in [2.24, 2.45) is 0 Å². The highest BCUT2D eigenvalue weighted by molar-refractivity contribution is 5.41. The fraction of sp³-hybridized carbons (Fsp3) is 0.381. The largest absolute Gasteiger partial charge is 0.491 e. The Labute approximate surface area is 148 Å². The number of hydrogen-bond donors (Lipinski definition) is 0. The second kappa shape index (κ2) is 6.62. The highest BCUT2D eigenvalue weighted by atomic mass is 16.6. The van der Waals surface area contributed by atoms with Crippen LogP contribution in [0.15, 0.2) is 48.5 Å². The molecule has 2 aromatic rings. The molecule has 2 aromatic carbocycles. The SMILES string of the molecule is CC(C)(c1ccc(OCC2[CH+]O2)cc1)c1ccc(OCC2CO2)cc1. The lowest BCUT2D eigenvalue weighted by molar-refractivity contribution is 0.263. The molecule has 0 aromatic heterocycles. The van der Waals surface area contributed by atoms with Gasteiger partial charge in [0.05, 0.1) is 6.61 Å². The highest BCUT2D eigenvalue weighted by Gasteiger charge is 2.40. The van der Waals surface area contributed by atoms with E-state index < -0.39 is 0 Å². The molecule has 130 valence electrons. The van der Waals surface area contributed by atoms with Gasteiger partial charge in [-0.05, 0) is 35.4 Å². The summed E-state index contributed by atoms with van der Waals surface area (Å²) in [5, 5.41) is 0. The van der Waals surface area contributed by atoms with Crippen molar-refractivity contribution in [1.29, 1.82) is 0 Å². The van der Waals surface area contributed by atoms with Crippen molar-refractivity contribution in [3.63, 3.8) is 0 Å². The minimum absolute atomic E-state index is 0.0932. The Morgan fingerprint density at radius 3 is 1.84 bits per heavy atom. The van der Waals surface area contributed by atoms with Crippen molar-refractivity contribution in [1.82, 2.24) is 0 Å². The average molecular weight is 339 g/mol. The Morgan fingerprint density at radius 2 is 1.40 bits per heavy atom. The average Bonchev–Trinajstić information content (AvgIpc) is 3.54. The van der Waals surface area contributed by atoms with Crippen molar-refractivity contribution in [3.05, 3.63) is 66.3 Å².